The molecule has 0 fully saturated rings. The number of para-hydroxylation sites is 1. The molecule has 144 valence electrons. The Labute approximate surface area is 168 Å². The summed E-state index contributed by atoms with van der Waals surface area (Å²) in [5, 5.41) is 7.22. The SMILES string of the molecule is C=CCn1cc(/C=N\NC(=O)c2cc3ccccc3cc2OC)c2ccccc21. The van der Waals surface area contributed by atoms with E-state index in [1.807, 2.05) is 66.9 Å². The first-order chi connectivity index (χ1) is 14.2. The van der Waals surface area contributed by atoms with Gasteiger partial charge in [0.25, 0.3) is 5.91 Å². The van der Waals surface area contributed by atoms with Crippen molar-refractivity contribution < 1.29 is 9.53 Å². The lowest BCUT2D eigenvalue weighted by molar-refractivity contribution is 0.0952. The van der Waals surface area contributed by atoms with Crippen molar-refractivity contribution in [2.45, 2.75) is 6.54 Å². The Morgan fingerprint density at radius 1 is 1.14 bits per heavy atom. The molecule has 1 heterocycles. The first-order valence-corrected chi connectivity index (χ1v) is 9.30. The zero-order chi connectivity index (χ0) is 20.2. The maximum Gasteiger partial charge on any atom is 0.275 e. The van der Waals surface area contributed by atoms with Crippen LogP contribution in [-0.2, 0) is 6.54 Å². The number of hydrazone groups is 1. The van der Waals surface area contributed by atoms with E-state index in [2.05, 4.69) is 27.7 Å². The van der Waals surface area contributed by atoms with Crippen molar-refractivity contribution in [1.29, 1.82) is 0 Å². The lowest BCUT2D eigenvalue weighted by Gasteiger charge is -2.09. The van der Waals surface area contributed by atoms with Crippen molar-refractivity contribution in [1.82, 2.24) is 9.99 Å². The molecule has 0 aliphatic heterocycles. The van der Waals surface area contributed by atoms with Gasteiger partial charge in [-0.25, -0.2) is 5.43 Å². The molecule has 0 radical (unpaired) electrons. The third kappa shape index (κ3) is 3.62. The maximum atomic E-state index is 12.7. The number of ether oxygens (including phenoxy) is 1. The van der Waals surface area contributed by atoms with Crippen LogP contribution >= 0.6 is 0 Å². The van der Waals surface area contributed by atoms with Gasteiger partial charge in [0.1, 0.15) is 5.75 Å². The fourth-order valence-corrected chi connectivity index (χ4v) is 3.45. The molecular formula is C24H21N3O2. The number of carbonyl (C=O) groups excluding carboxylic acids is 1. The Hall–Kier alpha value is -3.86. The predicted molar refractivity (Wildman–Crippen MR) is 118 cm³/mol. The maximum absolute atomic E-state index is 12.7. The molecule has 4 rings (SSSR count). The van der Waals surface area contributed by atoms with Gasteiger partial charge in [-0.15, -0.1) is 6.58 Å². The number of amides is 1. The van der Waals surface area contributed by atoms with Crippen molar-refractivity contribution in [3.8, 4) is 5.75 Å². The summed E-state index contributed by atoms with van der Waals surface area (Å²) in [6, 6.07) is 19.6. The van der Waals surface area contributed by atoms with Gasteiger partial charge in [0.2, 0.25) is 0 Å². The third-order valence-corrected chi connectivity index (χ3v) is 4.83. The molecule has 3 aromatic carbocycles. The molecule has 0 unspecified atom stereocenters. The van der Waals surface area contributed by atoms with E-state index in [-0.39, 0.29) is 5.91 Å². The van der Waals surface area contributed by atoms with Crippen LogP contribution in [0, 0.1) is 0 Å². The van der Waals surface area contributed by atoms with Gasteiger partial charge in [-0.1, -0.05) is 48.5 Å². The van der Waals surface area contributed by atoms with Crippen molar-refractivity contribution in [2.75, 3.05) is 7.11 Å². The van der Waals surface area contributed by atoms with Crippen LogP contribution in [0.4, 0.5) is 0 Å². The fraction of sp³-hybridized carbons (Fsp3) is 0.0833. The van der Waals surface area contributed by atoms with E-state index in [0.29, 0.717) is 17.9 Å². The number of methoxy groups -OCH3 is 1. The third-order valence-electron chi connectivity index (χ3n) is 4.83. The molecule has 4 aromatic rings. The molecule has 1 aromatic heterocycles. The Balaban J connectivity index is 1.60. The van der Waals surface area contributed by atoms with Gasteiger partial charge in [0.15, 0.2) is 0 Å². The van der Waals surface area contributed by atoms with Crippen molar-refractivity contribution in [3.63, 3.8) is 0 Å². The molecule has 29 heavy (non-hydrogen) atoms. The summed E-state index contributed by atoms with van der Waals surface area (Å²) in [7, 11) is 1.55. The number of benzene rings is 3. The van der Waals surface area contributed by atoms with Crippen LogP contribution in [-0.4, -0.2) is 23.8 Å². The fourth-order valence-electron chi connectivity index (χ4n) is 3.45. The quantitative estimate of drug-likeness (QED) is 0.297. The largest absolute Gasteiger partial charge is 0.496 e. The number of nitrogens with one attached hydrogen (secondary N) is 1. The monoisotopic (exact) mass is 383 g/mol. The van der Waals surface area contributed by atoms with E-state index >= 15 is 0 Å². The topological polar surface area (TPSA) is 55.6 Å². The molecule has 0 bridgehead atoms. The molecular weight excluding hydrogens is 362 g/mol. The molecule has 0 saturated heterocycles. The zero-order valence-corrected chi connectivity index (χ0v) is 16.1. The minimum atomic E-state index is -0.321. The van der Waals surface area contributed by atoms with E-state index in [1.165, 1.54) is 0 Å². The van der Waals surface area contributed by atoms with E-state index in [1.54, 1.807) is 13.3 Å². The number of carbonyl (C=O) groups is 1. The Bertz CT molecular complexity index is 1240. The van der Waals surface area contributed by atoms with Crippen LogP contribution in [0.5, 0.6) is 5.75 Å². The van der Waals surface area contributed by atoms with Gasteiger partial charge in [0, 0.05) is 29.2 Å². The van der Waals surface area contributed by atoms with E-state index < -0.39 is 0 Å². The Morgan fingerprint density at radius 2 is 1.86 bits per heavy atom. The van der Waals surface area contributed by atoms with Gasteiger partial charge < -0.3 is 9.30 Å². The number of aromatic nitrogens is 1. The average molecular weight is 383 g/mol. The zero-order valence-electron chi connectivity index (χ0n) is 16.1. The number of fused-ring (bicyclic) bond motifs is 2. The highest BCUT2D eigenvalue weighted by Crippen LogP contribution is 2.26. The van der Waals surface area contributed by atoms with Gasteiger partial charge in [-0.3, -0.25) is 4.79 Å². The Kier molecular flexibility index (Phi) is 5.12. The molecule has 0 atom stereocenters. The van der Waals surface area contributed by atoms with Gasteiger partial charge in [0.05, 0.1) is 18.9 Å². The first kappa shape index (κ1) is 18.5. The minimum Gasteiger partial charge on any atom is -0.496 e. The number of hydrogen-bond acceptors (Lipinski definition) is 3. The second kappa shape index (κ2) is 8.02. The van der Waals surface area contributed by atoms with Crippen molar-refractivity contribution in [3.05, 3.63) is 90.6 Å². The van der Waals surface area contributed by atoms with Crippen LogP contribution in [0.3, 0.4) is 0 Å². The molecule has 5 heteroatoms. The molecule has 0 aliphatic carbocycles. The van der Waals surface area contributed by atoms with Crippen LogP contribution < -0.4 is 10.2 Å². The highest BCUT2D eigenvalue weighted by Gasteiger charge is 2.13. The molecule has 1 amide bonds. The van der Waals surface area contributed by atoms with Crippen LogP contribution in [0.15, 0.2) is 84.6 Å². The van der Waals surface area contributed by atoms with Gasteiger partial charge in [-0.2, -0.15) is 5.10 Å². The lowest BCUT2D eigenvalue weighted by atomic mass is 10.1. The number of allylic oxidation sites excluding steroid dienone is 1. The van der Waals surface area contributed by atoms with Crippen molar-refractivity contribution >= 4 is 33.8 Å². The predicted octanol–water partition coefficient (Wildman–Crippen LogP) is 4.75. The summed E-state index contributed by atoms with van der Waals surface area (Å²) in [6.45, 7) is 4.51. The summed E-state index contributed by atoms with van der Waals surface area (Å²) in [4.78, 5) is 12.7. The lowest BCUT2D eigenvalue weighted by Crippen LogP contribution is -2.18. The average Bonchev–Trinajstić information content (AvgIpc) is 3.10. The number of hydrogen-bond donors (Lipinski definition) is 1. The van der Waals surface area contributed by atoms with Crippen LogP contribution in [0.25, 0.3) is 21.7 Å². The minimum absolute atomic E-state index is 0.321. The first-order valence-electron chi connectivity index (χ1n) is 9.30. The second-order valence-corrected chi connectivity index (χ2v) is 6.64. The molecule has 5 nitrogen and oxygen atoms in total. The Morgan fingerprint density at radius 3 is 2.62 bits per heavy atom. The van der Waals surface area contributed by atoms with E-state index in [4.69, 9.17) is 4.74 Å². The summed E-state index contributed by atoms with van der Waals surface area (Å²) < 4.78 is 7.50. The number of rotatable bonds is 6. The van der Waals surface area contributed by atoms with Crippen LogP contribution in [0.1, 0.15) is 15.9 Å². The molecule has 0 saturated carbocycles. The molecule has 0 aliphatic rings. The normalized spacial score (nSPS) is 11.2. The summed E-state index contributed by atoms with van der Waals surface area (Å²) in [5.74, 6) is 0.192. The molecule has 0 spiro atoms. The van der Waals surface area contributed by atoms with Gasteiger partial charge >= 0.3 is 0 Å². The smallest absolute Gasteiger partial charge is 0.275 e. The standard InChI is InChI=1S/C24H21N3O2/c1-3-12-27-16-19(20-10-6-7-11-22(20)27)15-25-26-24(28)21-13-17-8-4-5-9-18(17)14-23(21)29-2/h3-11,13-16H,1,12H2,2H3,(H,26,28)/b25-15-. The van der Waals surface area contributed by atoms with E-state index in [9.17, 15) is 4.79 Å². The summed E-state index contributed by atoms with van der Waals surface area (Å²) >= 11 is 0. The van der Waals surface area contributed by atoms with Crippen LogP contribution in [0.2, 0.25) is 0 Å². The molecule has 1 N–H and O–H groups in total. The van der Waals surface area contributed by atoms with Crippen molar-refractivity contribution in [2.24, 2.45) is 5.10 Å². The van der Waals surface area contributed by atoms with Gasteiger partial charge in [-0.05, 0) is 29.0 Å². The second-order valence-electron chi connectivity index (χ2n) is 6.64. The highest BCUT2D eigenvalue weighted by molar-refractivity contribution is 6.03. The summed E-state index contributed by atoms with van der Waals surface area (Å²) in [5.41, 5.74) is 5.07. The summed E-state index contributed by atoms with van der Waals surface area (Å²) in [6.07, 6.45) is 5.51. The number of nitrogens with zero attached hydrogens (tertiary/aromatic N) is 2. The van der Waals surface area contributed by atoms with E-state index in [0.717, 1.165) is 27.2 Å². The highest BCUT2D eigenvalue weighted by atomic mass is 16.5.